The van der Waals surface area contributed by atoms with E-state index in [9.17, 15) is 8.42 Å². The minimum atomic E-state index is -4.02. The van der Waals surface area contributed by atoms with E-state index in [1.54, 1.807) is 12.1 Å². The molecule has 0 saturated heterocycles. The van der Waals surface area contributed by atoms with Gasteiger partial charge in [-0.2, -0.15) is 8.42 Å². The van der Waals surface area contributed by atoms with Crippen LogP contribution in [0.5, 0.6) is 0 Å². The number of aromatic nitrogens is 2. The maximum absolute atomic E-state index is 10.5. The topological polar surface area (TPSA) is 63.2 Å². The van der Waals surface area contributed by atoms with Gasteiger partial charge in [0.05, 0.1) is 4.90 Å². The van der Waals surface area contributed by atoms with Crippen molar-refractivity contribution < 1.29 is 17.5 Å². The van der Waals surface area contributed by atoms with Gasteiger partial charge in [0.15, 0.2) is 0 Å². The molecule has 27 heavy (non-hydrogen) atoms. The lowest BCUT2D eigenvalue weighted by Gasteiger charge is -2.26. The fourth-order valence-electron chi connectivity index (χ4n) is 2.04. The molecule has 0 saturated carbocycles. The van der Waals surface area contributed by atoms with Crippen LogP contribution in [-0.4, -0.2) is 29.4 Å². The van der Waals surface area contributed by atoms with Crippen molar-refractivity contribution in [2.45, 2.75) is 70.3 Å². The fourth-order valence-corrected chi connectivity index (χ4v) is 3.60. The zero-order chi connectivity index (χ0) is 21.0. The third-order valence-electron chi connectivity index (χ3n) is 4.31. The largest absolute Gasteiger partial charge is 0.294 e. The van der Waals surface area contributed by atoms with Gasteiger partial charge in [-0.1, -0.05) is 46.4 Å². The molecule has 7 heteroatoms. The molecule has 0 aliphatic heterocycles. The summed E-state index contributed by atoms with van der Waals surface area (Å²) in [6, 6.07) is 5.99. The molecule has 1 atom stereocenters. The van der Waals surface area contributed by atoms with Crippen molar-refractivity contribution in [1.82, 2.24) is 4.57 Å². The monoisotopic (exact) mass is 413 g/mol. The molecule has 0 radical (unpaired) electrons. The van der Waals surface area contributed by atoms with Crippen molar-refractivity contribution >= 4 is 18.0 Å². The molecule has 1 aromatic heterocycles. The van der Waals surface area contributed by atoms with E-state index in [1.807, 2.05) is 6.92 Å². The van der Waals surface area contributed by atoms with Crippen LogP contribution in [0.2, 0.25) is 0 Å². The van der Waals surface area contributed by atoms with E-state index in [4.69, 9.17) is 4.55 Å². The molecule has 0 unspecified atom stereocenters. The van der Waals surface area contributed by atoms with Gasteiger partial charge in [0, 0.05) is 0 Å². The average molecular weight is 414 g/mol. The Morgan fingerprint density at radius 2 is 1.59 bits per heavy atom. The average Bonchev–Trinajstić information content (AvgIpc) is 2.95. The SMILES string of the molecule is C[P@@](C[n+]1ccn(C(C)(C)C)c1)C(C)(C)C.Cc1ccc(S(=O)(=O)O)cc1. The van der Waals surface area contributed by atoms with Gasteiger partial charge >= 0.3 is 0 Å². The molecule has 0 aliphatic rings. The highest BCUT2D eigenvalue weighted by Crippen LogP contribution is 2.45. The molecule has 2 aromatic rings. The van der Waals surface area contributed by atoms with E-state index in [1.165, 1.54) is 12.1 Å². The molecule has 0 amide bonds. The van der Waals surface area contributed by atoms with Crippen molar-refractivity contribution in [3.05, 3.63) is 48.5 Å². The van der Waals surface area contributed by atoms with Crippen molar-refractivity contribution in [1.29, 1.82) is 0 Å². The summed E-state index contributed by atoms with van der Waals surface area (Å²) in [5.41, 5.74) is 1.14. The van der Waals surface area contributed by atoms with Gasteiger partial charge in [-0.25, -0.2) is 9.13 Å². The first-order valence-electron chi connectivity index (χ1n) is 8.93. The Morgan fingerprint density at radius 1 is 1.07 bits per heavy atom. The number of rotatable bonds is 3. The summed E-state index contributed by atoms with van der Waals surface area (Å²) >= 11 is 0. The number of nitrogens with zero attached hydrogens (tertiary/aromatic N) is 2. The summed E-state index contributed by atoms with van der Waals surface area (Å²) in [5, 5.41) is 0.437. The highest BCUT2D eigenvalue weighted by Gasteiger charge is 2.24. The maximum atomic E-state index is 10.5. The minimum Gasteiger partial charge on any atom is -0.282 e. The molecule has 5 nitrogen and oxygen atoms in total. The van der Waals surface area contributed by atoms with Crippen LogP contribution in [0, 0.1) is 6.92 Å². The highest BCUT2D eigenvalue weighted by atomic mass is 32.2. The summed E-state index contributed by atoms with van der Waals surface area (Å²) < 4.78 is 34.1. The minimum absolute atomic E-state index is 0.0292. The predicted molar refractivity (Wildman–Crippen MR) is 113 cm³/mol. The van der Waals surface area contributed by atoms with Crippen LogP contribution < -0.4 is 4.57 Å². The molecule has 0 aliphatic carbocycles. The zero-order valence-corrected chi connectivity index (χ0v) is 19.5. The smallest absolute Gasteiger partial charge is 0.282 e. The van der Waals surface area contributed by atoms with Crippen LogP contribution in [0.15, 0.2) is 47.9 Å². The van der Waals surface area contributed by atoms with Gasteiger partial charge in [-0.3, -0.25) is 4.55 Å². The molecule has 1 heterocycles. The van der Waals surface area contributed by atoms with Crippen molar-refractivity contribution in [3.63, 3.8) is 0 Å². The standard InChI is InChI=1S/C13H26N2P.C7H8O3S/c1-12(2,3)15-9-8-14(10-15)11-16(7)13(4,5)6;1-6-2-4-7(5-3-6)11(8,9)10/h8-10H,11H2,1-7H3;2-5H,1H3,(H,8,9,10)/q+1;/t16-;/m0./s1. The van der Waals surface area contributed by atoms with Crippen LogP contribution in [-0.2, 0) is 21.9 Å². The Bertz CT molecular complexity index is 829. The van der Waals surface area contributed by atoms with Gasteiger partial charge in [0.1, 0.15) is 24.2 Å². The third kappa shape index (κ3) is 8.12. The number of aryl methyl sites for hydroxylation is 1. The summed E-state index contributed by atoms with van der Waals surface area (Å²) in [5.74, 6) is 0. The quantitative estimate of drug-likeness (QED) is 0.453. The number of hydrogen-bond acceptors (Lipinski definition) is 2. The van der Waals surface area contributed by atoms with E-state index >= 15 is 0 Å². The van der Waals surface area contributed by atoms with Gasteiger partial charge in [-0.05, 0) is 51.6 Å². The Morgan fingerprint density at radius 3 is 1.96 bits per heavy atom. The lowest BCUT2D eigenvalue weighted by Crippen LogP contribution is -2.34. The van der Waals surface area contributed by atoms with Crippen molar-refractivity contribution in [2.75, 3.05) is 6.66 Å². The number of imidazole rings is 1. The van der Waals surface area contributed by atoms with Gasteiger partial charge in [0.25, 0.3) is 10.1 Å². The fraction of sp³-hybridized carbons (Fsp3) is 0.550. The van der Waals surface area contributed by atoms with Crippen molar-refractivity contribution in [2.24, 2.45) is 0 Å². The Labute approximate surface area is 165 Å². The summed E-state index contributed by atoms with van der Waals surface area (Å²) in [7, 11) is -3.99. The second kappa shape index (κ2) is 8.85. The van der Waals surface area contributed by atoms with Gasteiger partial charge in [0.2, 0.25) is 6.33 Å². The molecule has 1 aromatic carbocycles. The Kier molecular flexibility index (Phi) is 7.80. The van der Waals surface area contributed by atoms with Crippen LogP contribution in [0.3, 0.4) is 0 Å². The first-order chi connectivity index (χ1) is 12.1. The number of benzene rings is 1. The normalized spacial score (nSPS) is 13.7. The first kappa shape index (κ1) is 23.8. The van der Waals surface area contributed by atoms with E-state index in [2.05, 4.69) is 76.1 Å². The maximum Gasteiger partial charge on any atom is 0.294 e. The van der Waals surface area contributed by atoms with Crippen LogP contribution in [0.25, 0.3) is 0 Å². The summed E-state index contributed by atoms with van der Waals surface area (Å²) in [4.78, 5) is -0.0666. The molecule has 0 fully saturated rings. The van der Waals surface area contributed by atoms with E-state index in [0.717, 1.165) is 11.8 Å². The lowest BCUT2D eigenvalue weighted by molar-refractivity contribution is -0.677. The molecular formula is C20H34N2O3PS+. The van der Waals surface area contributed by atoms with Crippen LogP contribution >= 0.6 is 7.92 Å². The lowest BCUT2D eigenvalue weighted by atomic mass is 10.1. The van der Waals surface area contributed by atoms with Gasteiger partial charge in [-0.15, -0.1) is 0 Å². The zero-order valence-electron chi connectivity index (χ0n) is 17.8. The third-order valence-corrected chi connectivity index (χ3v) is 8.21. The summed E-state index contributed by atoms with van der Waals surface area (Å²) in [6.07, 6.45) is 7.74. The molecule has 152 valence electrons. The van der Waals surface area contributed by atoms with E-state index in [0.29, 0.717) is 5.16 Å². The Hall–Kier alpha value is -1.23. The molecule has 1 N–H and O–H groups in total. The predicted octanol–water partition coefficient (Wildman–Crippen LogP) is 4.64. The molecule has 0 spiro atoms. The first-order valence-corrected chi connectivity index (χ1v) is 12.3. The number of hydrogen-bond donors (Lipinski definition) is 1. The molecular weight excluding hydrogens is 379 g/mol. The van der Waals surface area contributed by atoms with Crippen molar-refractivity contribution in [3.8, 4) is 0 Å². The highest BCUT2D eigenvalue weighted by molar-refractivity contribution is 7.85. The van der Waals surface area contributed by atoms with Crippen LogP contribution in [0.1, 0.15) is 47.1 Å². The van der Waals surface area contributed by atoms with Gasteiger partial charge < -0.3 is 0 Å². The van der Waals surface area contributed by atoms with E-state index in [-0.39, 0.29) is 18.4 Å². The summed E-state index contributed by atoms with van der Waals surface area (Å²) in [6.45, 7) is 17.9. The van der Waals surface area contributed by atoms with Crippen LogP contribution in [0.4, 0.5) is 0 Å². The molecule has 2 rings (SSSR count). The second-order valence-corrected chi connectivity index (χ2v) is 13.2. The molecule has 0 bridgehead atoms. The van der Waals surface area contributed by atoms with E-state index < -0.39 is 10.1 Å². The second-order valence-electron chi connectivity index (χ2n) is 8.80. The Balaban J connectivity index is 0.000000289.